The van der Waals surface area contributed by atoms with Crippen LogP contribution in [0.25, 0.3) is 12.2 Å². The molecule has 0 amide bonds. The summed E-state index contributed by atoms with van der Waals surface area (Å²) in [4.78, 5) is 3.90. The van der Waals surface area contributed by atoms with Crippen LogP contribution in [-0.4, -0.2) is 12.8 Å². The van der Waals surface area contributed by atoms with Gasteiger partial charge in [-0.05, 0) is 42.7 Å². The van der Waals surface area contributed by atoms with Crippen LogP contribution in [0.5, 0.6) is 0 Å². The van der Waals surface area contributed by atoms with Gasteiger partial charge in [-0.1, -0.05) is 35.3 Å². The summed E-state index contributed by atoms with van der Waals surface area (Å²) in [5, 5.41) is -0.413. The van der Waals surface area contributed by atoms with Crippen molar-refractivity contribution in [3.05, 3.63) is 57.4 Å². The van der Waals surface area contributed by atoms with Crippen molar-refractivity contribution in [3.8, 4) is 0 Å². The number of halogens is 4. The molecule has 0 atom stereocenters. The van der Waals surface area contributed by atoms with E-state index in [1.54, 1.807) is 6.08 Å². The van der Waals surface area contributed by atoms with Crippen LogP contribution in [0.2, 0.25) is 5.02 Å². The second kappa shape index (κ2) is 6.17. The van der Waals surface area contributed by atoms with Crippen molar-refractivity contribution in [2.45, 2.75) is 20.0 Å². The first-order valence-corrected chi connectivity index (χ1v) is 6.84. The van der Waals surface area contributed by atoms with Gasteiger partial charge in [0.25, 0.3) is 0 Å². The predicted molar refractivity (Wildman–Crippen MR) is 84.5 cm³/mol. The van der Waals surface area contributed by atoms with E-state index in [1.165, 1.54) is 6.08 Å². The second-order valence-electron chi connectivity index (χ2n) is 4.99. The lowest BCUT2D eigenvalue weighted by atomic mass is 9.89. The Morgan fingerprint density at radius 2 is 1.68 bits per heavy atom. The van der Waals surface area contributed by atoms with Crippen molar-refractivity contribution in [3.63, 3.8) is 0 Å². The van der Waals surface area contributed by atoms with Crippen LogP contribution in [-0.2, 0) is 6.18 Å². The molecule has 0 N–H and O–H groups in total. The summed E-state index contributed by atoms with van der Waals surface area (Å²) in [5.41, 5.74) is 2.73. The third-order valence-electron chi connectivity index (χ3n) is 3.22. The molecule has 0 saturated heterocycles. The van der Waals surface area contributed by atoms with Gasteiger partial charge in [-0.2, -0.15) is 13.2 Å². The van der Waals surface area contributed by atoms with Gasteiger partial charge in [0, 0.05) is 6.20 Å². The average Bonchev–Trinajstić information content (AvgIpc) is 2.37. The minimum absolute atomic E-state index is 0.187. The Balaban J connectivity index is 2.40. The molecule has 0 aliphatic heterocycles. The van der Waals surface area contributed by atoms with Crippen LogP contribution in [0.15, 0.2) is 24.4 Å². The zero-order valence-electron chi connectivity index (χ0n) is 12.0. The Kier molecular flexibility index (Phi) is 4.66. The maximum Gasteiger partial charge on any atom is 0.417 e. The molecule has 1 nitrogen and oxygen atoms in total. The molecule has 2 rings (SSSR count). The Morgan fingerprint density at radius 1 is 1.09 bits per heavy atom. The molecule has 0 fully saturated rings. The van der Waals surface area contributed by atoms with E-state index >= 15 is 0 Å². The topological polar surface area (TPSA) is 12.9 Å². The fourth-order valence-corrected chi connectivity index (χ4v) is 2.41. The van der Waals surface area contributed by atoms with Gasteiger partial charge >= 0.3 is 6.18 Å². The van der Waals surface area contributed by atoms with Gasteiger partial charge in [0.05, 0.1) is 16.3 Å². The maximum absolute atomic E-state index is 12.8. The highest BCUT2D eigenvalue weighted by Crippen LogP contribution is 2.34. The number of alkyl halides is 3. The standard InChI is InChI=1S/C16H12BClF3N/c1-9-5-11(17)6-10(2)13(9)4-3-12-7-14(16(19,20)21)15(18)8-22-12/h3-8H,1-2H3/b4-3+. The lowest BCUT2D eigenvalue weighted by Gasteiger charge is -2.09. The molecule has 1 aromatic heterocycles. The van der Waals surface area contributed by atoms with E-state index in [2.05, 4.69) is 4.98 Å². The zero-order chi connectivity index (χ0) is 16.5. The molecular weight excluding hydrogens is 309 g/mol. The number of aromatic nitrogens is 1. The number of rotatable bonds is 2. The molecule has 1 aromatic carbocycles. The fourth-order valence-electron chi connectivity index (χ4n) is 2.20. The molecule has 112 valence electrons. The normalized spacial score (nSPS) is 12.1. The van der Waals surface area contributed by atoms with Gasteiger partial charge in [-0.15, -0.1) is 0 Å². The van der Waals surface area contributed by atoms with Gasteiger partial charge < -0.3 is 0 Å². The highest BCUT2D eigenvalue weighted by molar-refractivity contribution is 6.32. The van der Waals surface area contributed by atoms with E-state index in [4.69, 9.17) is 19.4 Å². The van der Waals surface area contributed by atoms with Crippen LogP contribution in [0.1, 0.15) is 27.9 Å². The number of hydrogen-bond acceptors (Lipinski definition) is 1. The first-order valence-electron chi connectivity index (χ1n) is 6.46. The van der Waals surface area contributed by atoms with E-state index < -0.39 is 16.8 Å². The number of aryl methyl sites for hydroxylation is 2. The van der Waals surface area contributed by atoms with Crippen LogP contribution in [0.3, 0.4) is 0 Å². The van der Waals surface area contributed by atoms with Gasteiger partial charge in [0.15, 0.2) is 0 Å². The van der Waals surface area contributed by atoms with E-state index in [9.17, 15) is 13.2 Å². The summed E-state index contributed by atoms with van der Waals surface area (Å²) in [6.45, 7) is 3.78. The lowest BCUT2D eigenvalue weighted by molar-refractivity contribution is -0.137. The minimum Gasteiger partial charge on any atom is -0.255 e. The number of benzene rings is 1. The molecule has 0 bridgehead atoms. The Hall–Kier alpha value is -1.75. The first kappa shape index (κ1) is 16.6. The van der Waals surface area contributed by atoms with E-state index in [0.717, 1.165) is 29.0 Å². The molecule has 1 heterocycles. The highest BCUT2D eigenvalue weighted by atomic mass is 35.5. The summed E-state index contributed by atoms with van der Waals surface area (Å²) in [7, 11) is 5.74. The van der Waals surface area contributed by atoms with Crippen LogP contribution < -0.4 is 5.46 Å². The molecule has 22 heavy (non-hydrogen) atoms. The molecule has 0 spiro atoms. The summed E-state index contributed by atoms with van der Waals surface area (Å²) in [6.07, 6.45) is -0.250. The summed E-state index contributed by atoms with van der Waals surface area (Å²) < 4.78 is 38.4. The molecule has 0 aliphatic carbocycles. The molecule has 0 unspecified atom stereocenters. The quantitative estimate of drug-likeness (QED) is 0.750. The van der Waals surface area contributed by atoms with Gasteiger partial charge in [0.2, 0.25) is 0 Å². The average molecular weight is 322 g/mol. The van der Waals surface area contributed by atoms with E-state index in [-0.39, 0.29) is 5.69 Å². The van der Waals surface area contributed by atoms with Crippen molar-refractivity contribution in [2.24, 2.45) is 0 Å². The smallest absolute Gasteiger partial charge is 0.255 e. The van der Waals surface area contributed by atoms with Crippen LogP contribution >= 0.6 is 11.6 Å². The second-order valence-corrected chi connectivity index (χ2v) is 5.40. The van der Waals surface area contributed by atoms with Gasteiger partial charge in [0.1, 0.15) is 7.85 Å². The molecule has 6 heteroatoms. The predicted octanol–water partition coefficient (Wildman–Crippen LogP) is 4.33. The Morgan fingerprint density at radius 3 is 2.23 bits per heavy atom. The summed E-state index contributed by atoms with van der Waals surface area (Å²) >= 11 is 5.55. The van der Waals surface area contributed by atoms with E-state index in [1.807, 2.05) is 26.0 Å². The van der Waals surface area contributed by atoms with Crippen LogP contribution in [0, 0.1) is 13.8 Å². The Bertz CT molecular complexity index is 716. The van der Waals surface area contributed by atoms with Crippen molar-refractivity contribution in [1.82, 2.24) is 4.98 Å². The third kappa shape index (κ3) is 3.71. The van der Waals surface area contributed by atoms with E-state index in [0.29, 0.717) is 5.46 Å². The number of pyridine rings is 1. The first-order chi connectivity index (χ1) is 10.2. The van der Waals surface area contributed by atoms with Gasteiger partial charge in [-0.3, -0.25) is 4.98 Å². The van der Waals surface area contributed by atoms with Crippen molar-refractivity contribution in [1.29, 1.82) is 0 Å². The number of hydrogen-bond donors (Lipinski definition) is 0. The van der Waals surface area contributed by atoms with Crippen LogP contribution in [0.4, 0.5) is 13.2 Å². The lowest BCUT2D eigenvalue weighted by Crippen LogP contribution is -2.07. The minimum atomic E-state index is -4.50. The molecular formula is C16H12BClF3N. The van der Waals surface area contributed by atoms with Crippen molar-refractivity contribution >= 4 is 37.1 Å². The monoisotopic (exact) mass is 321 g/mol. The molecule has 0 aliphatic rings. The van der Waals surface area contributed by atoms with Crippen molar-refractivity contribution in [2.75, 3.05) is 0 Å². The molecule has 0 saturated carbocycles. The fraction of sp³-hybridized carbons (Fsp3) is 0.188. The van der Waals surface area contributed by atoms with Crippen molar-refractivity contribution < 1.29 is 13.2 Å². The van der Waals surface area contributed by atoms with Gasteiger partial charge in [-0.25, -0.2) is 0 Å². The molecule has 2 aromatic rings. The number of nitrogens with zero attached hydrogens (tertiary/aromatic N) is 1. The zero-order valence-corrected chi connectivity index (χ0v) is 12.8. The summed E-state index contributed by atoms with van der Waals surface area (Å²) in [6, 6.07) is 4.55. The largest absolute Gasteiger partial charge is 0.417 e. The summed E-state index contributed by atoms with van der Waals surface area (Å²) in [5.74, 6) is 0. The third-order valence-corrected chi connectivity index (χ3v) is 3.52. The highest BCUT2D eigenvalue weighted by Gasteiger charge is 2.33. The Labute approximate surface area is 133 Å². The maximum atomic E-state index is 12.8. The SMILES string of the molecule is [B]c1cc(C)c(/C=C/c2cc(C(F)(F)F)c(Cl)cn2)c(C)c1. The molecule has 2 radical (unpaired) electrons.